The maximum absolute atomic E-state index is 4.76. The summed E-state index contributed by atoms with van der Waals surface area (Å²) in [6, 6.07) is 21.7. The van der Waals surface area contributed by atoms with Crippen molar-refractivity contribution in [3.8, 4) is 41.8 Å². The van der Waals surface area contributed by atoms with Crippen molar-refractivity contribution in [1.29, 1.82) is 0 Å². The summed E-state index contributed by atoms with van der Waals surface area (Å²) in [4.78, 5) is 26.3. The van der Waals surface area contributed by atoms with Gasteiger partial charge >= 0.3 is 0 Å². The van der Waals surface area contributed by atoms with Gasteiger partial charge in [-0.05, 0) is 50.2 Å². The number of fused-ring (bicyclic) bond motifs is 2. The van der Waals surface area contributed by atoms with Crippen LogP contribution < -0.4 is 0 Å². The van der Waals surface area contributed by atoms with E-state index >= 15 is 0 Å². The molecule has 0 fully saturated rings. The van der Waals surface area contributed by atoms with Gasteiger partial charge in [0.25, 0.3) is 0 Å². The van der Waals surface area contributed by atoms with Crippen molar-refractivity contribution < 1.29 is 0 Å². The van der Waals surface area contributed by atoms with E-state index in [1.54, 1.807) is 58.8 Å². The van der Waals surface area contributed by atoms with Crippen LogP contribution >= 0.6 is 34.0 Å². The maximum atomic E-state index is 4.76. The summed E-state index contributed by atoms with van der Waals surface area (Å²) < 4.78 is 0. The van der Waals surface area contributed by atoms with Crippen LogP contribution in [0.15, 0.2) is 85.5 Å². The molecular weight excluding hydrogens is 513 g/mol. The highest BCUT2D eigenvalue weighted by atomic mass is 32.1. The Hall–Kier alpha value is -3.78. The van der Waals surface area contributed by atoms with E-state index in [1.807, 2.05) is 0 Å². The predicted molar refractivity (Wildman–Crippen MR) is 157 cm³/mol. The van der Waals surface area contributed by atoms with Gasteiger partial charge in [0, 0.05) is 76.3 Å². The minimum atomic E-state index is 0.924. The third-order valence-corrected chi connectivity index (χ3v) is 9.62. The summed E-state index contributed by atoms with van der Waals surface area (Å²) in [5, 5.41) is 0. The zero-order valence-electron chi connectivity index (χ0n) is 20.1. The van der Waals surface area contributed by atoms with E-state index in [9.17, 15) is 0 Å². The first-order valence-corrected chi connectivity index (χ1v) is 14.3. The quantitative estimate of drug-likeness (QED) is 0.227. The second-order valence-electron chi connectivity index (χ2n) is 8.81. The lowest BCUT2D eigenvalue weighted by molar-refractivity contribution is 1.30. The molecule has 2 aromatic carbocycles. The Morgan fingerprint density at radius 2 is 0.676 bits per heavy atom. The highest BCUT2D eigenvalue weighted by molar-refractivity contribution is 7.19. The molecule has 5 heterocycles. The Morgan fingerprint density at radius 3 is 0.973 bits per heavy atom. The van der Waals surface area contributed by atoms with Crippen LogP contribution in [0.25, 0.3) is 63.8 Å². The second kappa shape index (κ2) is 8.95. The molecule has 0 spiro atoms. The summed E-state index contributed by atoms with van der Waals surface area (Å²) in [7, 11) is 0. The zero-order valence-corrected chi connectivity index (χ0v) is 22.5. The first-order valence-electron chi connectivity index (χ1n) is 11.9. The Bertz CT molecular complexity index is 1790. The summed E-state index contributed by atoms with van der Waals surface area (Å²) >= 11 is 5.32. The van der Waals surface area contributed by atoms with Gasteiger partial charge in [-0.1, -0.05) is 24.3 Å². The average molecular weight is 533 g/mol. The molecule has 0 amide bonds. The fraction of sp³-hybridized carbons (Fsp3) is 0.0667. The van der Waals surface area contributed by atoms with E-state index in [4.69, 9.17) is 19.9 Å². The molecule has 7 rings (SSSR count). The van der Waals surface area contributed by atoms with Crippen molar-refractivity contribution in [2.75, 3.05) is 0 Å². The number of benzene rings is 2. The molecule has 0 N–H and O–H groups in total. The lowest BCUT2D eigenvalue weighted by Crippen LogP contribution is -1.89. The van der Waals surface area contributed by atoms with E-state index in [1.165, 1.54) is 19.5 Å². The van der Waals surface area contributed by atoms with Crippen molar-refractivity contribution in [2.45, 2.75) is 13.8 Å². The monoisotopic (exact) mass is 532 g/mol. The van der Waals surface area contributed by atoms with E-state index < -0.39 is 0 Å². The first-order chi connectivity index (χ1) is 18.2. The minimum absolute atomic E-state index is 0.924. The van der Waals surface area contributed by atoms with Crippen LogP contribution in [0, 0.1) is 13.8 Å². The molecular formula is C30H20N4S3. The van der Waals surface area contributed by atoms with Crippen molar-refractivity contribution in [1.82, 2.24) is 19.9 Å². The largest absolute Gasteiger partial charge is 0.252 e. The Labute approximate surface area is 226 Å². The van der Waals surface area contributed by atoms with E-state index in [0.29, 0.717) is 0 Å². The van der Waals surface area contributed by atoms with Crippen LogP contribution in [0.5, 0.6) is 0 Å². The van der Waals surface area contributed by atoms with Gasteiger partial charge in [-0.2, -0.15) is 0 Å². The van der Waals surface area contributed by atoms with Crippen LogP contribution in [0.4, 0.5) is 0 Å². The van der Waals surface area contributed by atoms with Crippen LogP contribution in [-0.4, -0.2) is 19.9 Å². The molecule has 0 unspecified atom stereocenters. The summed E-state index contributed by atoms with van der Waals surface area (Å²) in [6.07, 6.45) is 7.10. The van der Waals surface area contributed by atoms with Gasteiger partial charge in [0.2, 0.25) is 0 Å². The van der Waals surface area contributed by atoms with Gasteiger partial charge in [0.15, 0.2) is 0 Å². The van der Waals surface area contributed by atoms with E-state index in [-0.39, 0.29) is 0 Å². The molecule has 4 nitrogen and oxygen atoms in total. The van der Waals surface area contributed by atoms with Gasteiger partial charge in [-0.3, -0.25) is 19.9 Å². The Balaban J connectivity index is 1.35. The predicted octanol–water partition coefficient (Wildman–Crippen LogP) is 9.04. The Kier molecular flexibility index (Phi) is 5.43. The number of hydrogen-bond acceptors (Lipinski definition) is 7. The van der Waals surface area contributed by atoms with Gasteiger partial charge < -0.3 is 0 Å². The van der Waals surface area contributed by atoms with Crippen LogP contribution in [0.1, 0.15) is 9.75 Å². The first kappa shape index (κ1) is 22.4. The molecule has 0 saturated carbocycles. The lowest BCUT2D eigenvalue weighted by Gasteiger charge is -2.08. The second-order valence-corrected chi connectivity index (χ2v) is 12.5. The van der Waals surface area contributed by atoms with Gasteiger partial charge in [0.1, 0.15) is 0 Å². The van der Waals surface area contributed by atoms with Crippen molar-refractivity contribution in [2.24, 2.45) is 0 Å². The summed E-state index contributed by atoms with van der Waals surface area (Å²) in [6.45, 7) is 4.26. The standard InChI is InChI=1S/C30H20N4S3/c1-17-3-9-23(35-17)19-5-7-21(29-27(19)31-13-15-33-29)25-11-12-26(37-25)22-8-6-20(24-10-4-18(2)36-24)28-30(22)34-16-14-32-28/h3-16H,1-2H3. The number of rotatable bonds is 4. The topological polar surface area (TPSA) is 51.6 Å². The van der Waals surface area contributed by atoms with Crippen LogP contribution in [0.2, 0.25) is 0 Å². The highest BCUT2D eigenvalue weighted by Gasteiger charge is 2.17. The zero-order chi connectivity index (χ0) is 24.9. The number of aromatic nitrogens is 4. The van der Waals surface area contributed by atoms with Crippen molar-refractivity contribution >= 4 is 56.1 Å². The molecule has 178 valence electrons. The molecule has 0 atom stereocenters. The van der Waals surface area contributed by atoms with Crippen LogP contribution in [-0.2, 0) is 0 Å². The third kappa shape index (κ3) is 3.87. The van der Waals surface area contributed by atoms with Gasteiger partial charge in [-0.25, -0.2) is 0 Å². The number of hydrogen-bond donors (Lipinski definition) is 0. The van der Waals surface area contributed by atoms with Gasteiger partial charge in [0.05, 0.1) is 22.1 Å². The van der Waals surface area contributed by atoms with Crippen molar-refractivity contribution in [3.05, 3.63) is 95.2 Å². The molecule has 0 aliphatic rings. The molecule has 7 aromatic rings. The third-order valence-electron chi connectivity index (χ3n) is 6.40. The fourth-order valence-electron chi connectivity index (χ4n) is 4.69. The maximum Gasteiger partial charge on any atom is 0.0979 e. The van der Waals surface area contributed by atoms with Gasteiger partial charge in [-0.15, -0.1) is 34.0 Å². The summed E-state index contributed by atoms with van der Waals surface area (Å²) in [5.74, 6) is 0. The molecule has 5 aromatic heterocycles. The SMILES string of the molecule is Cc1ccc(-c2ccc(-c3ccc(-c4ccc(-c5ccc(C)s5)c5nccnc45)s3)c3nccnc23)s1. The number of nitrogens with zero attached hydrogens (tertiary/aromatic N) is 4. The Morgan fingerprint density at radius 1 is 0.378 bits per heavy atom. The molecule has 37 heavy (non-hydrogen) atoms. The molecule has 0 aliphatic carbocycles. The normalized spacial score (nSPS) is 11.5. The van der Waals surface area contributed by atoms with Crippen LogP contribution in [0.3, 0.4) is 0 Å². The summed E-state index contributed by atoms with van der Waals surface area (Å²) in [5.41, 5.74) is 8.16. The van der Waals surface area contributed by atoms with Crippen molar-refractivity contribution in [3.63, 3.8) is 0 Å². The molecule has 0 aliphatic heterocycles. The highest BCUT2D eigenvalue weighted by Crippen LogP contribution is 2.43. The van der Waals surface area contributed by atoms with E-state index in [2.05, 4.69) is 74.5 Å². The number of aryl methyl sites for hydroxylation is 2. The lowest BCUT2D eigenvalue weighted by atomic mass is 10.0. The minimum Gasteiger partial charge on any atom is -0.252 e. The number of thiophene rings is 3. The molecule has 0 radical (unpaired) electrons. The smallest absolute Gasteiger partial charge is 0.0979 e. The average Bonchev–Trinajstić information content (AvgIpc) is 3.69. The molecule has 7 heteroatoms. The fourth-order valence-corrected chi connectivity index (χ4v) is 7.54. The van der Waals surface area contributed by atoms with E-state index in [0.717, 1.165) is 54.1 Å². The molecule has 0 bridgehead atoms. The molecule has 0 saturated heterocycles.